The van der Waals surface area contributed by atoms with Crippen molar-refractivity contribution in [2.75, 3.05) is 7.11 Å². The molecule has 0 radical (unpaired) electrons. The molecule has 1 rings (SSSR count). The average Bonchev–Trinajstić information content (AvgIpc) is 2.25. The lowest BCUT2D eigenvalue weighted by molar-refractivity contribution is -0.385. The minimum absolute atomic E-state index is 0.0847. The van der Waals surface area contributed by atoms with Crippen molar-refractivity contribution in [2.45, 2.75) is 6.54 Å². The van der Waals surface area contributed by atoms with E-state index in [0.717, 1.165) is 0 Å². The van der Waals surface area contributed by atoms with Gasteiger partial charge in [0, 0.05) is 11.0 Å². The lowest BCUT2D eigenvalue weighted by atomic mass is 10.2. The van der Waals surface area contributed by atoms with E-state index in [0.29, 0.717) is 5.56 Å². The van der Waals surface area contributed by atoms with Gasteiger partial charge < -0.3 is 4.74 Å². The minimum Gasteiger partial charge on any atom is -0.490 e. The largest absolute Gasteiger partial charge is 0.490 e. The first-order valence-corrected chi connectivity index (χ1v) is 4.01. The highest BCUT2D eigenvalue weighted by Crippen LogP contribution is 2.27. The Morgan fingerprint density at radius 3 is 2.93 bits per heavy atom. The van der Waals surface area contributed by atoms with Gasteiger partial charge in [0.1, 0.15) is 0 Å². The SMILES string of the molecule is COc1ccc(CN=[N+]=[N-])cc1[N+](=O)[O-]. The van der Waals surface area contributed by atoms with Crippen molar-refractivity contribution in [2.24, 2.45) is 5.11 Å². The zero-order valence-corrected chi connectivity index (χ0v) is 7.95. The quantitative estimate of drug-likeness (QED) is 0.249. The summed E-state index contributed by atoms with van der Waals surface area (Å²) in [6.07, 6.45) is 0. The summed E-state index contributed by atoms with van der Waals surface area (Å²) >= 11 is 0. The van der Waals surface area contributed by atoms with Crippen molar-refractivity contribution < 1.29 is 9.66 Å². The molecule has 0 N–H and O–H groups in total. The van der Waals surface area contributed by atoms with E-state index >= 15 is 0 Å². The van der Waals surface area contributed by atoms with Gasteiger partial charge in [0.2, 0.25) is 0 Å². The summed E-state index contributed by atoms with van der Waals surface area (Å²) in [5.41, 5.74) is 8.54. The number of nitrogens with zero attached hydrogens (tertiary/aromatic N) is 4. The van der Waals surface area contributed by atoms with Gasteiger partial charge in [-0.05, 0) is 17.2 Å². The molecule has 0 heterocycles. The molecule has 1 aromatic carbocycles. The van der Waals surface area contributed by atoms with E-state index in [1.165, 1.54) is 19.2 Å². The number of nitro benzene ring substituents is 1. The predicted octanol–water partition coefficient (Wildman–Crippen LogP) is 2.41. The number of benzene rings is 1. The number of azide groups is 1. The van der Waals surface area contributed by atoms with E-state index in [4.69, 9.17) is 10.3 Å². The summed E-state index contributed by atoms with van der Waals surface area (Å²) in [6.45, 7) is 0.0847. The van der Waals surface area contributed by atoms with Crippen molar-refractivity contribution in [3.63, 3.8) is 0 Å². The molecule has 7 heteroatoms. The van der Waals surface area contributed by atoms with Gasteiger partial charge in [-0.2, -0.15) is 0 Å². The van der Waals surface area contributed by atoms with Crippen LogP contribution in [0.15, 0.2) is 23.3 Å². The van der Waals surface area contributed by atoms with Crippen LogP contribution in [-0.2, 0) is 6.54 Å². The van der Waals surface area contributed by atoms with Gasteiger partial charge in [-0.3, -0.25) is 10.1 Å². The Morgan fingerprint density at radius 2 is 2.40 bits per heavy atom. The van der Waals surface area contributed by atoms with Crippen LogP contribution in [0.4, 0.5) is 5.69 Å². The van der Waals surface area contributed by atoms with Gasteiger partial charge >= 0.3 is 5.69 Å². The van der Waals surface area contributed by atoms with Crippen LogP contribution in [-0.4, -0.2) is 12.0 Å². The lowest BCUT2D eigenvalue weighted by Crippen LogP contribution is -1.94. The molecule has 1 aromatic rings. The van der Waals surface area contributed by atoms with Crippen molar-refractivity contribution in [1.29, 1.82) is 0 Å². The third-order valence-electron chi connectivity index (χ3n) is 1.76. The summed E-state index contributed by atoms with van der Waals surface area (Å²) in [5.74, 6) is 0.185. The van der Waals surface area contributed by atoms with Crippen LogP contribution in [0.1, 0.15) is 5.56 Å². The van der Waals surface area contributed by atoms with E-state index < -0.39 is 4.92 Å². The molecule has 0 aliphatic heterocycles. The van der Waals surface area contributed by atoms with Crippen LogP contribution in [0.3, 0.4) is 0 Å². The number of methoxy groups -OCH3 is 1. The van der Waals surface area contributed by atoms with Gasteiger partial charge in [0.15, 0.2) is 5.75 Å². The highest BCUT2D eigenvalue weighted by Gasteiger charge is 2.14. The molecule has 0 atom stereocenters. The van der Waals surface area contributed by atoms with E-state index in [1.807, 2.05) is 0 Å². The minimum atomic E-state index is -0.543. The van der Waals surface area contributed by atoms with Crippen molar-refractivity contribution in [3.8, 4) is 5.75 Å². The maximum absolute atomic E-state index is 10.6. The first kappa shape index (κ1) is 10.8. The lowest BCUT2D eigenvalue weighted by Gasteiger charge is -2.02. The maximum atomic E-state index is 10.6. The Balaban J connectivity index is 3.09. The molecule has 0 aliphatic carbocycles. The van der Waals surface area contributed by atoms with Crippen LogP contribution < -0.4 is 4.74 Å². The van der Waals surface area contributed by atoms with Gasteiger partial charge in [-0.15, -0.1) is 0 Å². The topological polar surface area (TPSA) is 101 Å². The molecule has 0 saturated carbocycles. The molecular formula is C8H8N4O3. The number of hydrogen-bond donors (Lipinski definition) is 0. The fourth-order valence-corrected chi connectivity index (χ4v) is 1.09. The second-order valence-corrected chi connectivity index (χ2v) is 2.65. The van der Waals surface area contributed by atoms with Gasteiger partial charge in [-0.1, -0.05) is 11.2 Å². The van der Waals surface area contributed by atoms with Gasteiger partial charge in [0.05, 0.1) is 18.6 Å². The first-order chi connectivity index (χ1) is 7.19. The van der Waals surface area contributed by atoms with Gasteiger partial charge in [0.25, 0.3) is 0 Å². The first-order valence-electron chi connectivity index (χ1n) is 4.01. The Labute approximate surface area is 85.1 Å². The van der Waals surface area contributed by atoms with Crippen molar-refractivity contribution in [1.82, 2.24) is 0 Å². The van der Waals surface area contributed by atoms with Gasteiger partial charge in [-0.25, -0.2) is 0 Å². The average molecular weight is 208 g/mol. The summed E-state index contributed by atoms with van der Waals surface area (Å²) in [7, 11) is 1.36. The Kier molecular flexibility index (Phi) is 3.48. The molecule has 0 aromatic heterocycles. The van der Waals surface area contributed by atoms with E-state index in [1.54, 1.807) is 6.07 Å². The zero-order valence-electron chi connectivity index (χ0n) is 7.95. The molecule has 0 spiro atoms. The summed E-state index contributed by atoms with van der Waals surface area (Å²) < 4.78 is 4.82. The summed E-state index contributed by atoms with van der Waals surface area (Å²) in [4.78, 5) is 12.7. The van der Waals surface area contributed by atoms with Crippen LogP contribution in [0.25, 0.3) is 10.4 Å². The second kappa shape index (κ2) is 4.83. The molecule has 0 aliphatic rings. The molecule has 0 fully saturated rings. The highest BCUT2D eigenvalue weighted by atomic mass is 16.6. The standard InChI is InChI=1S/C8H8N4O3/c1-15-8-3-2-6(5-10-11-9)4-7(8)12(13)14/h2-4H,5H2,1H3. The normalized spacial score (nSPS) is 9.13. The molecule has 78 valence electrons. The number of rotatable bonds is 4. The zero-order chi connectivity index (χ0) is 11.3. The van der Waals surface area contributed by atoms with Crippen LogP contribution in [0.5, 0.6) is 5.75 Å². The third kappa shape index (κ3) is 2.58. The fourth-order valence-electron chi connectivity index (χ4n) is 1.09. The second-order valence-electron chi connectivity index (χ2n) is 2.65. The third-order valence-corrected chi connectivity index (χ3v) is 1.76. The fraction of sp³-hybridized carbons (Fsp3) is 0.250. The number of ether oxygens (including phenoxy) is 1. The molecule has 0 amide bonds. The molecule has 15 heavy (non-hydrogen) atoms. The summed E-state index contributed by atoms with van der Waals surface area (Å²) in [5, 5.41) is 13.9. The van der Waals surface area contributed by atoms with Crippen LogP contribution in [0.2, 0.25) is 0 Å². The number of nitro groups is 1. The van der Waals surface area contributed by atoms with Crippen LogP contribution in [0, 0.1) is 10.1 Å². The summed E-state index contributed by atoms with van der Waals surface area (Å²) in [6, 6.07) is 4.41. The molecular weight excluding hydrogens is 200 g/mol. The molecule has 7 nitrogen and oxygen atoms in total. The number of hydrogen-bond acceptors (Lipinski definition) is 4. The molecule has 0 bridgehead atoms. The van der Waals surface area contributed by atoms with E-state index in [-0.39, 0.29) is 18.0 Å². The molecule has 0 saturated heterocycles. The Hall–Kier alpha value is -2.27. The van der Waals surface area contributed by atoms with Crippen molar-refractivity contribution in [3.05, 3.63) is 44.3 Å². The Bertz CT molecular complexity index is 426. The smallest absolute Gasteiger partial charge is 0.311 e. The van der Waals surface area contributed by atoms with E-state index in [2.05, 4.69) is 10.0 Å². The van der Waals surface area contributed by atoms with Crippen LogP contribution >= 0.6 is 0 Å². The Morgan fingerprint density at radius 1 is 1.67 bits per heavy atom. The maximum Gasteiger partial charge on any atom is 0.311 e. The predicted molar refractivity (Wildman–Crippen MR) is 52.5 cm³/mol. The molecule has 0 unspecified atom stereocenters. The monoisotopic (exact) mass is 208 g/mol. The van der Waals surface area contributed by atoms with Crippen molar-refractivity contribution >= 4 is 5.69 Å². The highest BCUT2D eigenvalue weighted by molar-refractivity contribution is 5.48. The van der Waals surface area contributed by atoms with E-state index in [9.17, 15) is 10.1 Å².